The number of ether oxygens (including phenoxy) is 1. The molecule has 1 aromatic carbocycles. The van der Waals surface area contributed by atoms with Crippen LogP contribution in [0.5, 0.6) is 0 Å². The van der Waals surface area contributed by atoms with Crippen LogP contribution in [0.2, 0.25) is 0 Å². The molecule has 0 spiro atoms. The summed E-state index contributed by atoms with van der Waals surface area (Å²) in [5.74, 6) is 0.487. The standard InChI is InChI=1S/C15H15BrN4O2/c16-11-2-1-3-12(10-11)17-15(21)13-4-5-14(19-18-13)20-6-8-22-9-7-20/h1-5,10H,6-9H2,(H,17,21). The van der Waals surface area contributed by atoms with Gasteiger partial charge >= 0.3 is 0 Å². The summed E-state index contributed by atoms with van der Waals surface area (Å²) in [7, 11) is 0. The Morgan fingerprint density at radius 3 is 2.68 bits per heavy atom. The van der Waals surface area contributed by atoms with Crippen molar-refractivity contribution in [3.8, 4) is 0 Å². The molecule has 3 rings (SSSR count). The zero-order chi connectivity index (χ0) is 15.4. The van der Waals surface area contributed by atoms with Gasteiger partial charge in [-0.1, -0.05) is 22.0 Å². The lowest BCUT2D eigenvalue weighted by Crippen LogP contribution is -2.37. The fraction of sp³-hybridized carbons (Fsp3) is 0.267. The van der Waals surface area contributed by atoms with Gasteiger partial charge in [0.25, 0.3) is 5.91 Å². The Morgan fingerprint density at radius 2 is 2.00 bits per heavy atom. The monoisotopic (exact) mass is 362 g/mol. The van der Waals surface area contributed by atoms with E-state index in [-0.39, 0.29) is 11.6 Å². The summed E-state index contributed by atoms with van der Waals surface area (Å²) in [6, 6.07) is 10.9. The van der Waals surface area contributed by atoms with Crippen molar-refractivity contribution in [2.45, 2.75) is 0 Å². The minimum Gasteiger partial charge on any atom is -0.378 e. The van der Waals surface area contributed by atoms with Crippen LogP contribution >= 0.6 is 15.9 Å². The molecule has 0 bridgehead atoms. The average Bonchev–Trinajstić information content (AvgIpc) is 2.56. The van der Waals surface area contributed by atoms with E-state index in [4.69, 9.17) is 4.74 Å². The van der Waals surface area contributed by atoms with Gasteiger partial charge in [0.1, 0.15) is 0 Å². The number of carbonyl (C=O) groups excluding carboxylic acids is 1. The molecule has 2 heterocycles. The maximum atomic E-state index is 12.2. The smallest absolute Gasteiger partial charge is 0.276 e. The van der Waals surface area contributed by atoms with Crippen molar-refractivity contribution >= 4 is 33.3 Å². The van der Waals surface area contributed by atoms with Gasteiger partial charge in [-0.3, -0.25) is 4.79 Å². The Hall–Kier alpha value is -1.99. The first-order valence-electron chi connectivity index (χ1n) is 6.96. The zero-order valence-corrected chi connectivity index (χ0v) is 13.4. The number of halogens is 1. The number of amides is 1. The predicted octanol–water partition coefficient (Wildman–Crippen LogP) is 2.33. The lowest BCUT2D eigenvalue weighted by Gasteiger charge is -2.27. The first-order chi connectivity index (χ1) is 10.7. The number of hydrogen-bond acceptors (Lipinski definition) is 5. The molecule has 0 atom stereocenters. The minimum atomic E-state index is -0.279. The molecule has 1 aromatic heterocycles. The van der Waals surface area contributed by atoms with Crippen LogP contribution in [0.1, 0.15) is 10.5 Å². The first kappa shape index (κ1) is 14.9. The molecule has 6 nitrogen and oxygen atoms in total. The summed E-state index contributed by atoms with van der Waals surface area (Å²) in [5.41, 5.74) is 0.996. The highest BCUT2D eigenvalue weighted by Crippen LogP contribution is 2.17. The molecule has 7 heteroatoms. The van der Waals surface area contributed by atoms with Crippen molar-refractivity contribution < 1.29 is 9.53 Å². The third kappa shape index (κ3) is 3.61. The summed E-state index contributed by atoms with van der Waals surface area (Å²) in [5, 5.41) is 10.9. The minimum absolute atomic E-state index is 0.279. The molecule has 0 saturated carbocycles. The highest BCUT2D eigenvalue weighted by atomic mass is 79.9. The van der Waals surface area contributed by atoms with E-state index in [1.165, 1.54) is 0 Å². The fourth-order valence-electron chi connectivity index (χ4n) is 2.17. The van der Waals surface area contributed by atoms with Gasteiger partial charge in [-0.2, -0.15) is 0 Å². The van der Waals surface area contributed by atoms with E-state index in [9.17, 15) is 4.79 Å². The van der Waals surface area contributed by atoms with Crippen LogP contribution in [0.4, 0.5) is 11.5 Å². The molecule has 22 heavy (non-hydrogen) atoms. The van der Waals surface area contributed by atoms with Gasteiger partial charge in [-0.05, 0) is 30.3 Å². The Bertz CT molecular complexity index is 657. The summed E-state index contributed by atoms with van der Waals surface area (Å²) in [6.45, 7) is 2.95. The molecule has 1 fully saturated rings. The number of anilines is 2. The Labute approximate surface area is 136 Å². The number of hydrogen-bond donors (Lipinski definition) is 1. The number of morpholine rings is 1. The molecule has 1 amide bonds. The highest BCUT2D eigenvalue weighted by molar-refractivity contribution is 9.10. The van der Waals surface area contributed by atoms with E-state index >= 15 is 0 Å². The zero-order valence-electron chi connectivity index (χ0n) is 11.8. The first-order valence-corrected chi connectivity index (χ1v) is 7.75. The van der Waals surface area contributed by atoms with E-state index in [1.807, 2.05) is 30.3 Å². The topological polar surface area (TPSA) is 67.4 Å². The van der Waals surface area contributed by atoms with Crippen molar-refractivity contribution in [1.82, 2.24) is 10.2 Å². The van der Waals surface area contributed by atoms with E-state index in [1.54, 1.807) is 6.07 Å². The maximum Gasteiger partial charge on any atom is 0.276 e. The second-order valence-corrected chi connectivity index (χ2v) is 5.76. The lowest BCUT2D eigenvalue weighted by molar-refractivity contribution is 0.102. The number of nitrogens with zero attached hydrogens (tertiary/aromatic N) is 3. The van der Waals surface area contributed by atoms with Crippen molar-refractivity contribution in [2.24, 2.45) is 0 Å². The van der Waals surface area contributed by atoms with Crippen molar-refractivity contribution in [3.05, 3.63) is 46.6 Å². The van der Waals surface area contributed by atoms with Crippen LogP contribution in [0, 0.1) is 0 Å². The van der Waals surface area contributed by atoms with Crippen LogP contribution in [-0.2, 0) is 4.74 Å². The van der Waals surface area contributed by atoms with Gasteiger partial charge in [-0.25, -0.2) is 0 Å². The molecule has 114 valence electrons. The molecule has 2 aromatic rings. The van der Waals surface area contributed by atoms with Crippen LogP contribution in [0.15, 0.2) is 40.9 Å². The molecule has 1 saturated heterocycles. The van der Waals surface area contributed by atoms with Crippen LogP contribution in [-0.4, -0.2) is 42.4 Å². The quantitative estimate of drug-likeness (QED) is 0.907. The Morgan fingerprint density at radius 1 is 1.18 bits per heavy atom. The van der Waals surface area contributed by atoms with Crippen LogP contribution < -0.4 is 10.2 Å². The molecule has 1 N–H and O–H groups in total. The van der Waals surface area contributed by atoms with Gasteiger partial charge in [0.2, 0.25) is 0 Å². The molecule has 0 aliphatic carbocycles. The third-order valence-corrected chi connectivity index (χ3v) is 3.79. The molecular weight excluding hydrogens is 348 g/mol. The van der Waals surface area contributed by atoms with Crippen molar-refractivity contribution in [2.75, 3.05) is 36.5 Å². The number of rotatable bonds is 3. The van der Waals surface area contributed by atoms with Crippen molar-refractivity contribution in [1.29, 1.82) is 0 Å². The summed E-state index contributed by atoms with van der Waals surface area (Å²) >= 11 is 3.37. The normalized spacial score (nSPS) is 14.7. The SMILES string of the molecule is O=C(Nc1cccc(Br)c1)c1ccc(N2CCOCC2)nn1. The van der Waals surface area contributed by atoms with Gasteiger partial charge < -0.3 is 15.0 Å². The molecule has 0 unspecified atom stereocenters. The van der Waals surface area contributed by atoms with E-state index in [0.29, 0.717) is 18.9 Å². The molecule has 0 radical (unpaired) electrons. The summed E-state index contributed by atoms with van der Waals surface area (Å²) < 4.78 is 6.20. The maximum absolute atomic E-state index is 12.2. The Kier molecular flexibility index (Phi) is 4.65. The van der Waals surface area contributed by atoms with E-state index in [2.05, 4.69) is 36.3 Å². The second-order valence-electron chi connectivity index (χ2n) is 4.84. The molecular formula is C15H15BrN4O2. The largest absolute Gasteiger partial charge is 0.378 e. The third-order valence-electron chi connectivity index (χ3n) is 3.30. The number of benzene rings is 1. The number of nitrogens with one attached hydrogen (secondary N) is 1. The van der Waals surface area contributed by atoms with E-state index in [0.717, 1.165) is 23.4 Å². The number of carbonyl (C=O) groups is 1. The van der Waals surface area contributed by atoms with E-state index < -0.39 is 0 Å². The predicted molar refractivity (Wildman–Crippen MR) is 87.2 cm³/mol. The van der Waals surface area contributed by atoms with Gasteiger partial charge in [0, 0.05) is 23.2 Å². The molecule has 1 aliphatic rings. The van der Waals surface area contributed by atoms with Gasteiger partial charge in [0.05, 0.1) is 13.2 Å². The molecule has 1 aliphatic heterocycles. The van der Waals surface area contributed by atoms with Crippen molar-refractivity contribution in [3.63, 3.8) is 0 Å². The van der Waals surface area contributed by atoms with Crippen LogP contribution in [0.3, 0.4) is 0 Å². The second kappa shape index (κ2) is 6.85. The van der Waals surface area contributed by atoms with Gasteiger partial charge in [0.15, 0.2) is 11.5 Å². The Balaban J connectivity index is 1.68. The van der Waals surface area contributed by atoms with Crippen LogP contribution in [0.25, 0.3) is 0 Å². The van der Waals surface area contributed by atoms with Gasteiger partial charge in [-0.15, -0.1) is 10.2 Å². The number of aromatic nitrogens is 2. The summed E-state index contributed by atoms with van der Waals surface area (Å²) in [6.07, 6.45) is 0. The lowest BCUT2D eigenvalue weighted by atomic mass is 10.3. The average molecular weight is 363 g/mol. The highest BCUT2D eigenvalue weighted by Gasteiger charge is 2.14. The fourth-order valence-corrected chi connectivity index (χ4v) is 2.57. The summed E-state index contributed by atoms with van der Waals surface area (Å²) in [4.78, 5) is 14.2.